The summed E-state index contributed by atoms with van der Waals surface area (Å²) in [6, 6.07) is 6.24. The van der Waals surface area contributed by atoms with Crippen LogP contribution in [0.5, 0.6) is 5.75 Å². The Bertz CT molecular complexity index is 372. The molecule has 0 fully saturated rings. The number of benzene rings is 1. The van der Waals surface area contributed by atoms with Crippen LogP contribution >= 0.6 is 0 Å². The van der Waals surface area contributed by atoms with Crippen molar-refractivity contribution < 1.29 is 15.0 Å². The fourth-order valence-corrected chi connectivity index (χ4v) is 1.64. The summed E-state index contributed by atoms with van der Waals surface area (Å²) in [5, 5.41) is 21.5. The van der Waals surface area contributed by atoms with E-state index in [1.54, 1.807) is 19.1 Å². The van der Waals surface area contributed by atoms with E-state index >= 15 is 0 Å². The molecule has 0 radical (unpaired) electrons. The Morgan fingerprint density at radius 3 is 2.19 bits per heavy atom. The molecular formula is C12H17NO3. The standard InChI is InChI=1S/C12H17NO3/c1-8(2)13-12(3,11(15)16)9-4-6-10(14)7-5-9/h4-8,13-14H,1-3H3,(H,15,16). The van der Waals surface area contributed by atoms with Crippen LogP contribution in [-0.4, -0.2) is 22.2 Å². The van der Waals surface area contributed by atoms with Crippen molar-refractivity contribution in [3.8, 4) is 5.75 Å². The van der Waals surface area contributed by atoms with Crippen molar-refractivity contribution >= 4 is 5.97 Å². The quantitative estimate of drug-likeness (QED) is 0.726. The minimum absolute atomic E-state index is 0.0508. The van der Waals surface area contributed by atoms with Crippen LogP contribution in [0.1, 0.15) is 26.3 Å². The van der Waals surface area contributed by atoms with Crippen LogP contribution < -0.4 is 5.32 Å². The number of hydrogen-bond donors (Lipinski definition) is 3. The van der Waals surface area contributed by atoms with E-state index in [9.17, 15) is 15.0 Å². The van der Waals surface area contributed by atoms with Gasteiger partial charge in [-0.2, -0.15) is 0 Å². The molecule has 1 aromatic rings. The van der Waals surface area contributed by atoms with Gasteiger partial charge in [-0.3, -0.25) is 5.32 Å². The van der Waals surface area contributed by atoms with Crippen LogP contribution in [0.4, 0.5) is 0 Å². The molecule has 1 rings (SSSR count). The van der Waals surface area contributed by atoms with Crippen molar-refractivity contribution in [3.05, 3.63) is 29.8 Å². The summed E-state index contributed by atoms with van der Waals surface area (Å²) in [4.78, 5) is 11.3. The van der Waals surface area contributed by atoms with Crippen LogP contribution in [0, 0.1) is 0 Å². The number of rotatable bonds is 4. The molecule has 1 atom stereocenters. The van der Waals surface area contributed by atoms with Crippen LogP contribution in [0.15, 0.2) is 24.3 Å². The van der Waals surface area contributed by atoms with Gasteiger partial charge in [-0.1, -0.05) is 12.1 Å². The maximum atomic E-state index is 11.3. The van der Waals surface area contributed by atoms with E-state index in [-0.39, 0.29) is 11.8 Å². The van der Waals surface area contributed by atoms with Gasteiger partial charge in [0.05, 0.1) is 0 Å². The Morgan fingerprint density at radius 2 is 1.81 bits per heavy atom. The first kappa shape index (κ1) is 12.5. The highest BCUT2D eigenvalue weighted by molar-refractivity contribution is 5.80. The van der Waals surface area contributed by atoms with Crippen molar-refractivity contribution in [2.45, 2.75) is 32.4 Å². The number of aliphatic carboxylic acids is 1. The highest BCUT2D eigenvalue weighted by Gasteiger charge is 2.35. The van der Waals surface area contributed by atoms with Crippen molar-refractivity contribution in [2.24, 2.45) is 0 Å². The molecule has 0 saturated carbocycles. The lowest BCUT2D eigenvalue weighted by Gasteiger charge is -2.29. The van der Waals surface area contributed by atoms with Gasteiger partial charge in [0.1, 0.15) is 11.3 Å². The lowest BCUT2D eigenvalue weighted by atomic mass is 9.91. The molecule has 3 N–H and O–H groups in total. The zero-order valence-corrected chi connectivity index (χ0v) is 9.69. The van der Waals surface area contributed by atoms with E-state index in [1.807, 2.05) is 13.8 Å². The lowest BCUT2D eigenvalue weighted by Crippen LogP contribution is -2.49. The summed E-state index contributed by atoms with van der Waals surface area (Å²) in [5.74, 6) is -0.812. The molecular weight excluding hydrogens is 206 g/mol. The van der Waals surface area contributed by atoms with E-state index in [2.05, 4.69) is 5.32 Å². The summed E-state index contributed by atoms with van der Waals surface area (Å²) in [7, 11) is 0. The third kappa shape index (κ3) is 2.52. The number of carboxylic acid groups (broad SMARTS) is 1. The Labute approximate surface area is 94.9 Å². The molecule has 0 aliphatic rings. The minimum atomic E-state index is -1.14. The molecule has 0 bridgehead atoms. The normalized spacial score (nSPS) is 14.8. The Balaban J connectivity index is 3.11. The third-order valence-electron chi connectivity index (χ3n) is 2.45. The van der Waals surface area contributed by atoms with E-state index in [4.69, 9.17) is 0 Å². The third-order valence-corrected chi connectivity index (χ3v) is 2.45. The summed E-state index contributed by atoms with van der Waals surface area (Å²) < 4.78 is 0. The van der Waals surface area contributed by atoms with Gasteiger partial charge in [0.2, 0.25) is 0 Å². The van der Waals surface area contributed by atoms with Crippen LogP contribution in [0.3, 0.4) is 0 Å². The first-order valence-electron chi connectivity index (χ1n) is 5.17. The van der Waals surface area contributed by atoms with Gasteiger partial charge in [0.15, 0.2) is 0 Å². The second-order valence-electron chi connectivity index (χ2n) is 4.28. The van der Waals surface area contributed by atoms with E-state index < -0.39 is 11.5 Å². The monoisotopic (exact) mass is 223 g/mol. The minimum Gasteiger partial charge on any atom is -0.508 e. The number of carboxylic acids is 1. The summed E-state index contributed by atoms with van der Waals surface area (Å²) in [6.45, 7) is 5.39. The van der Waals surface area contributed by atoms with Gasteiger partial charge in [-0.05, 0) is 38.5 Å². The van der Waals surface area contributed by atoms with Gasteiger partial charge >= 0.3 is 5.97 Å². The Morgan fingerprint density at radius 1 is 1.31 bits per heavy atom. The van der Waals surface area contributed by atoms with Gasteiger partial charge in [-0.15, -0.1) is 0 Å². The second kappa shape index (κ2) is 4.53. The second-order valence-corrected chi connectivity index (χ2v) is 4.28. The predicted octanol–water partition coefficient (Wildman–Crippen LogP) is 1.69. The number of carbonyl (C=O) groups is 1. The number of aromatic hydroxyl groups is 1. The smallest absolute Gasteiger partial charge is 0.328 e. The van der Waals surface area contributed by atoms with E-state index in [1.165, 1.54) is 12.1 Å². The van der Waals surface area contributed by atoms with Crippen molar-refractivity contribution in [1.29, 1.82) is 0 Å². The van der Waals surface area contributed by atoms with Gasteiger partial charge in [-0.25, -0.2) is 4.79 Å². The lowest BCUT2D eigenvalue weighted by molar-refractivity contribution is -0.144. The summed E-state index contributed by atoms with van der Waals surface area (Å²) in [5.41, 5.74) is -0.520. The number of phenolic OH excluding ortho intramolecular Hbond substituents is 1. The van der Waals surface area contributed by atoms with E-state index in [0.717, 1.165) is 0 Å². The average Bonchev–Trinajstić information content (AvgIpc) is 2.17. The number of nitrogens with one attached hydrogen (secondary N) is 1. The molecule has 16 heavy (non-hydrogen) atoms. The van der Waals surface area contributed by atoms with E-state index in [0.29, 0.717) is 5.56 Å². The highest BCUT2D eigenvalue weighted by atomic mass is 16.4. The zero-order chi connectivity index (χ0) is 12.3. The maximum absolute atomic E-state index is 11.3. The zero-order valence-electron chi connectivity index (χ0n) is 9.69. The summed E-state index contributed by atoms with van der Waals surface area (Å²) >= 11 is 0. The average molecular weight is 223 g/mol. The van der Waals surface area contributed by atoms with Crippen molar-refractivity contribution in [1.82, 2.24) is 5.32 Å². The van der Waals surface area contributed by atoms with Crippen LogP contribution in [0.2, 0.25) is 0 Å². The fourth-order valence-electron chi connectivity index (χ4n) is 1.64. The molecule has 1 aromatic carbocycles. The molecule has 0 aliphatic heterocycles. The maximum Gasteiger partial charge on any atom is 0.328 e. The molecule has 4 nitrogen and oxygen atoms in total. The topological polar surface area (TPSA) is 69.6 Å². The van der Waals surface area contributed by atoms with Gasteiger partial charge in [0.25, 0.3) is 0 Å². The first-order valence-corrected chi connectivity index (χ1v) is 5.17. The molecule has 0 amide bonds. The Hall–Kier alpha value is -1.55. The van der Waals surface area contributed by atoms with Crippen LogP contribution in [-0.2, 0) is 10.3 Å². The first-order chi connectivity index (χ1) is 7.36. The van der Waals surface area contributed by atoms with Gasteiger partial charge in [0, 0.05) is 6.04 Å². The molecule has 1 unspecified atom stereocenters. The van der Waals surface area contributed by atoms with Gasteiger partial charge < -0.3 is 10.2 Å². The highest BCUT2D eigenvalue weighted by Crippen LogP contribution is 2.23. The predicted molar refractivity (Wildman–Crippen MR) is 61.4 cm³/mol. The largest absolute Gasteiger partial charge is 0.508 e. The number of hydrogen-bond acceptors (Lipinski definition) is 3. The molecule has 4 heteroatoms. The fraction of sp³-hybridized carbons (Fsp3) is 0.417. The number of phenols is 1. The Kier molecular flexibility index (Phi) is 3.55. The van der Waals surface area contributed by atoms with Crippen molar-refractivity contribution in [2.75, 3.05) is 0 Å². The van der Waals surface area contributed by atoms with Crippen molar-refractivity contribution in [3.63, 3.8) is 0 Å². The molecule has 88 valence electrons. The van der Waals surface area contributed by atoms with Crippen LogP contribution in [0.25, 0.3) is 0 Å². The molecule has 0 aliphatic carbocycles. The molecule has 0 spiro atoms. The summed E-state index contributed by atoms with van der Waals surface area (Å²) in [6.07, 6.45) is 0. The molecule has 0 heterocycles. The molecule has 0 saturated heterocycles. The SMILES string of the molecule is CC(C)NC(C)(C(=O)O)c1ccc(O)cc1. The molecule has 0 aromatic heterocycles.